The fraction of sp³-hybridized carbons (Fsp3) is 0.300. The van der Waals surface area contributed by atoms with Gasteiger partial charge in [-0.3, -0.25) is 9.59 Å². The molecule has 3 rings (SSSR count). The first-order valence-corrected chi connectivity index (χ1v) is 8.57. The predicted molar refractivity (Wildman–Crippen MR) is 98.4 cm³/mol. The molecule has 0 radical (unpaired) electrons. The normalized spacial score (nSPS) is 16.4. The van der Waals surface area contributed by atoms with E-state index in [1.807, 2.05) is 48.5 Å². The van der Waals surface area contributed by atoms with E-state index in [-0.39, 0.29) is 17.9 Å². The molecule has 0 aromatic heterocycles. The number of carbonyl (C=O) groups is 2. The summed E-state index contributed by atoms with van der Waals surface area (Å²) in [6, 6.07) is 15.7. The first-order chi connectivity index (χ1) is 12.2. The minimum atomic E-state index is -0.0267. The standard InChI is InChI=1S/C20H23N3O2/c1-21-19(24)12-14-2-4-15(5-3-14)16-6-8-17(9-7-16)20(25)23-18-10-11-22-13-18/h2-9,18,22H,10-13H2,1H3,(H,21,24)(H,23,25). The molecular weight excluding hydrogens is 314 g/mol. The van der Waals surface area contributed by atoms with Gasteiger partial charge in [0, 0.05) is 25.2 Å². The maximum Gasteiger partial charge on any atom is 0.251 e. The van der Waals surface area contributed by atoms with Crippen molar-refractivity contribution in [2.24, 2.45) is 0 Å². The van der Waals surface area contributed by atoms with Crippen molar-refractivity contribution in [2.75, 3.05) is 20.1 Å². The molecule has 0 aliphatic carbocycles. The van der Waals surface area contributed by atoms with E-state index < -0.39 is 0 Å². The van der Waals surface area contributed by atoms with Crippen LogP contribution in [0.25, 0.3) is 11.1 Å². The lowest BCUT2D eigenvalue weighted by Gasteiger charge is -2.11. The molecule has 1 heterocycles. The number of carbonyl (C=O) groups excluding carboxylic acids is 2. The second-order valence-corrected chi connectivity index (χ2v) is 6.29. The van der Waals surface area contributed by atoms with Crippen molar-refractivity contribution in [2.45, 2.75) is 18.9 Å². The molecule has 5 nitrogen and oxygen atoms in total. The molecule has 3 N–H and O–H groups in total. The molecule has 1 unspecified atom stereocenters. The van der Waals surface area contributed by atoms with E-state index >= 15 is 0 Å². The van der Waals surface area contributed by atoms with Gasteiger partial charge in [0.1, 0.15) is 0 Å². The van der Waals surface area contributed by atoms with Crippen molar-refractivity contribution >= 4 is 11.8 Å². The van der Waals surface area contributed by atoms with E-state index in [9.17, 15) is 9.59 Å². The van der Waals surface area contributed by atoms with E-state index in [0.29, 0.717) is 12.0 Å². The lowest BCUT2D eigenvalue weighted by atomic mass is 10.0. The van der Waals surface area contributed by atoms with Gasteiger partial charge in [0.25, 0.3) is 5.91 Å². The van der Waals surface area contributed by atoms with Gasteiger partial charge in [-0.2, -0.15) is 0 Å². The van der Waals surface area contributed by atoms with Crippen molar-refractivity contribution in [3.05, 3.63) is 59.7 Å². The van der Waals surface area contributed by atoms with Gasteiger partial charge in [0.05, 0.1) is 6.42 Å². The molecule has 2 aromatic rings. The average Bonchev–Trinajstić information content (AvgIpc) is 3.15. The number of benzene rings is 2. The van der Waals surface area contributed by atoms with Crippen LogP contribution in [0, 0.1) is 0 Å². The zero-order valence-electron chi connectivity index (χ0n) is 14.3. The van der Waals surface area contributed by atoms with Gasteiger partial charge in [0.15, 0.2) is 0 Å². The third-order valence-corrected chi connectivity index (χ3v) is 4.47. The zero-order valence-corrected chi connectivity index (χ0v) is 14.3. The predicted octanol–water partition coefficient (Wildman–Crippen LogP) is 1.73. The SMILES string of the molecule is CNC(=O)Cc1ccc(-c2ccc(C(=O)NC3CCNC3)cc2)cc1. The van der Waals surface area contributed by atoms with Gasteiger partial charge in [0.2, 0.25) is 5.91 Å². The van der Waals surface area contributed by atoms with Gasteiger partial charge >= 0.3 is 0 Å². The lowest BCUT2D eigenvalue weighted by molar-refractivity contribution is -0.119. The molecular formula is C20H23N3O2. The van der Waals surface area contributed by atoms with Crippen LogP contribution in [0.2, 0.25) is 0 Å². The van der Waals surface area contributed by atoms with Crippen molar-refractivity contribution < 1.29 is 9.59 Å². The molecule has 2 aromatic carbocycles. The smallest absolute Gasteiger partial charge is 0.251 e. The third kappa shape index (κ3) is 4.45. The van der Waals surface area contributed by atoms with Crippen LogP contribution < -0.4 is 16.0 Å². The molecule has 0 spiro atoms. The van der Waals surface area contributed by atoms with Crippen LogP contribution in [0.15, 0.2) is 48.5 Å². The van der Waals surface area contributed by atoms with Crippen molar-refractivity contribution in [1.29, 1.82) is 0 Å². The maximum atomic E-state index is 12.2. The summed E-state index contributed by atoms with van der Waals surface area (Å²) in [5.41, 5.74) is 3.76. The Morgan fingerprint density at radius 1 is 1.04 bits per heavy atom. The lowest BCUT2D eigenvalue weighted by Crippen LogP contribution is -2.36. The maximum absolute atomic E-state index is 12.2. The number of hydrogen-bond donors (Lipinski definition) is 3. The molecule has 1 fully saturated rings. The van der Waals surface area contributed by atoms with Gasteiger partial charge in [-0.1, -0.05) is 36.4 Å². The van der Waals surface area contributed by atoms with Gasteiger partial charge in [-0.05, 0) is 41.8 Å². The van der Waals surface area contributed by atoms with E-state index in [4.69, 9.17) is 0 Å². The Hall–Kier alpha value is -2.66. The Kier molecular flexibility index (Phi) is 5.46. The fourth-order valence-corrected chi connectivity index (χ4v) is 2.95. The van der Waals surface area contributed by atoms with E-state index in [1.165, 1.54) is 0 Å². The number of rotatable bonds is 5. The topological polar surface area (TPSA) is 70.2 Å². The molecule has 25 heavy (non-hydrogen) atoms. The van der Waals surface area contributed by atoms with E-state index in [1.54, 1.807) is 7.05 Å². The highest BCUT2D eigenvalue weighted by atomic mass is 16.2. The van der Waals surface area contributed by atoms with E-state index in [0.717, 1.165) is 36.2 Å². The summed E-state index contributed by atoms with van der Waals surface area (Å²) < 4.78 is 0. The highest BCUT2D eigenvalue weighted by Gasteiger charge is 2.17. The summed E-state index contributed by atoms with van der Waals surface area (Å²) in [5, 5.41) is 8.91. The molecule has 1 atom stereocenters. The highest BCUT2D eigenvalue weighted by molar-refractivity contribution is 5.95. The number of nitrogens with one attached hydrogen (secondary N) is 3. The Bertz CT molecular complexity index is 733. The van der Waals surface area contributed by atoms with Gasteiger partial charge in [-0.25, -0.2) is 0 Å². The second-order valence-electron chi connectivity index (χ2n) is 6.29. The third-order valence-electron chi connectivity index (χ3n) is 4.47. The van der Waals surface area contributed by atoms with Crippen molar-refractivity contribution in [3.63, 3.8) is 0 Å². The number of hydrogen-bond acceptors (Lipinski definition) is 3. The largest absolute Gasteiger partial charge is 0.359 e. The molecule has 0 bridgehead atoms. The molecule has 130 valence electrons. The molecule has 0 saturated carbocycles. The fourth-order valence-electron chi connectivity index (χ4n) is 2.95. The van der Waals surface area contributed by atoms with Crippen LogP contribution in [0.5, 0.6) is 0 Å². The Labute approximate surface area is 147 Å². The summed E-state index contributed by atoms with van der Waals surface area (Å²) in [7, 11) is 1.64. The van der Waals surface area contributed by atoms with Crippen LogP contribution in [0.1, 0.15) is 22.3 Å². The summed E-state index contributed by atoms with van der Waals surface area (Å²) in [6.45, 7) is 1.80. The van der Waals surface area contributed by atoms with Gasteiger partial charge in [-0.15, -0.1) is 0 Å². The van der Waals surface area contributed by atoms with Crippen molar-refractivity contribution in [3.8, 4) is 11.1 Å². The summed E-state index contributed by atoms with van der Waals surface area (Å²) in [5.74, 6) is -0.0262. The molecule has 1 saturated heterocycles. The quantitative estimate of drug-likeness (QED) is 0.778. The first kappa shape index (κ1) is 17.2. The first-order valence-electron chi connectivity index (χ1n) is 8.57. The summed E-state index contributed by atoms with van der Waals surface area (Å²) in [4.78, 5) is 23.7. The molecule has 1 aliphatic rings. The van der Waals surface area contributed by atoms with Crippen LogP contribution in [-0.4, -0.2) is 38.0 Å². The van der Waals surface area contributed by atoms with Crippen LogP contribution in [-0.2, 0) is 11.2 Å². The number of amides is 2. The van der Waals surface area contributed by atoms with E-state index in [2.05, 4.69) is 16.0 Å². The average molecular weight is 337 g/mol. The minimum absolute atomic E-state index is 0.000535. The highest BCUT2D eigenvalue weighted by Crippen LogP contribution is 2.20. The monoisotopic (exact) mass is 337 g/mol. The van der Waals surface area contributed by atoms with Crippen LogP contribution >= 0.6 is 0 Å². The Morgan fingerprint density at radius 2 is 1.68 bits per heavy atom. The minimum Gasteiger partial charge on any atom is -0.359 e. The van der Waals surface area contributed by atoms with Crippen molar-refractivity contribution in [1.82, 2.24) is 16.0 Å². The summed E-state index contributed by atoms with van der Waals surface area (Å²) in [6.07, 6.45) is 1.36. The second kappa shape index (κ2) is 7.94. The Morgan fingerprint density at radius 3 is 2.24 bits per heavy atom. The van der Waals surface area contributed by atoms with Gasteiger partial charge < -0.3 is 16.0 Å². The number of likely N-dealkylation sites (N-methyl/N-ethyl adjacent to an activating group) is 1. The zero-order chi connectivity index (χ0) is 17.6. The Balaban J connectivity index is 1.65. The summed E-state index contributed by atoms with van der Waals surface area (Å²) >= 11 is 0. The molecule has 1 aliphatic heterocycles. The van der Waals surface area contributed by atoms with Crippen LogP contribution in [0.4, 0.5) is 0 Å². The van der Waals surface area contributed by atoms with Crippen LogP contribution in [0.3, 0.4) is 0 Å². The molecule has 5 heteroatoms. The molecule has 2 amide bonds.